The molecule has 1 aromatic rings. The zero-order chi connectivity index (χ0) is 18.8. The summed E-state index contributed by atoms with van der Waals surface area (Å²) in [6.07, 6.45) is 3.66. The van der Waals surface area contributed by atoms with Gasteiger partial charge in [0.2, 0.25) is 0 Å². The van der Waals surface area contributed by atoms with E-state index in [0.717, 1.165) is 25.6 Å². The van der Waals surface area contributed by atoms with Crippen LogP contribution < -0.4 is 5.32 Å². The average Bonchev–Trinajstić information content (AvgIpc) is 2.86. The number of aliphatic imine (C=N–C) groups is 1. The highest BCUT2D eigenvalue weighted by atomic mass is 15.3. The van der Waals surface area contributed by atoms with Crippen LogP contribution in [0.4, 0.5) is 0 Å². The molecule has 0 radical (unpaired) electrons. The molecule has 1 fully saturated rings. The van der Waals surface area contributed by atoms with Crippen LogP contribution in [0.5, 0.6) is 0 Å². The molecular weight excluding hydrogens is 322 g/mol. The summed E-state index contributed by atoms with van der Waals surface area (Å²) >= 11 is 0. The van der Waals surface area contributed by atoms with Gasteiger partial charge in [-0.15, -0.1) is 0 Å². The van der Waals surface area contributed by atoms with Crippen LogP contribution in [0.15, 0.2) is 29.3 Å². The first-order valence-electron chi connectivity index (χ1n) is 10.0. The Balaban J connectivity index is 1.81. The number of unbranched alkanes of at least 4 members (excludes halogenated alkanes) is 1. The van der Waals surface area contributed by atoms with Gasteiger partial charge in [0, 0.05) is 46.8 Å². The van der Waals surface area contributed by atoms with E-state index < -0.39 is 0 Å². The van der Waals surface area contributed by atoms with E-state index in [1.165, 1.54) is 56.6 Å². The maximum absolute atomic E-state index is 4.39. The lowest BCUT2D eigenvalue weighted by atomic mass is 10.1. The number of nitrogens with one attached hydrogen (secondary N) is 1. The summed E-state index contributed by atoms with van der Waals surface area (Å²) in [5, 5.41) is 3.47. The van der Waals surface area contributed by atoms with Gasteiger partial charge >= 0.3 is 0 Å². The molecule has 1 aliphatic heterocycles. The third-order valence-electron chi connectivity index (χ3n) is 5.11. The van der Waals surface area contributed by atoms with Crippen LogP contribution in [-0.4, -0.2) is 74.5 Å². The van der Waals surface area contributed by atoms with Crippen molar-refractivity contribution in [2.45, 2.75) is 39.3 Å². The van der Waals surface area contributed by atoms with Crippen molar-refractivity contribution in [2.75, 3.05) is 53.9 Å². The van der Waals surface area contributed by atoms with Crippen molar-refractivity contribution in [1.82, 2.24) is 20.0 Å². The summed E-state index contributed by atoms with van der Waals surface area (Å²) in [7, 11) is 6.18. The van der Waals surface area contributed by atoms with E-state index in [-0.39, 0.29) is 0 Å². The Bertz CT molecular complexity index is 540. The highest BCUT2D eigenvalue weighted by Gasteiger charge is 2.12. The molecule has 1 N–H and O–H groups in total. The number of benzene rings is 1. The summed E-state index contributed by atoms with van der Waals surface area (Å²) in [4.78, 5) is 11.6. The third-order valence-corrected chi connectivity index (χ3v) is 5.11. The van der Waals surface area contributed by atoms with Crippen molar-refractivity contribution in [2.24, 2.45) is 4.99 Å². The Labute approximate surface area is 160 Å². The zero-order valence-electron chi connectivity index (χ0n) is 17.2. The molecule has 1 aromatic carbocycles. The van der Waals surface area contributed by atoms with Gasteiger partial charge in [0.25, 0.3) is 0 Å². The van der Waals surface area contributed by atoms with Crippen molar-refractivity contribution in [3.8, 4) is 0 Å². The normalized spacial score (nSPS) is 17.2. The lowest BCUT2D eigenvalue weighted by molar-refractivity contribution is 0.269. The first-order chi connectivity index (χ1) is 12.6. The summed E-state index contributed by atoms with van der Waals surface area (Å²) in [5.41, 5.74) is 2.71. The van der Waals surface area contributed by atoms with E-state index in [1.54, 1.807) is 0 Å². The molecule has 0 aliphatic carbocycles. The van der Waals surface area contributed by atoms with Gasteiger partial charge in [-0.05, 0) is 44.1 Å². The molecule has 0 unspecified atom stereocenters. The van der Waals surface area contributed by atoms with E-state index in [4.69, 9.17) is 0 Å². The van der Waals surface area contributed by atoms with Gasteiger partial charge in [0.05, 0.1) is 0 Å². The molecule has 0 aromatic heterocycles. The van der Waals surface area contributed by atoms with Crippen LogP contribution in [0.3, 0.4) is 0 Å². The molecule has 5 heteroatoms. The van der Waals surface area contributed by atoms with Gasteiger partial charge in [0.1, 0.15) is 0 Å². The molecule has 146 valence electrons. The summed E-state index contributed by atoms with van der Waals surface area (Å²) in [6, 6.07) is 9.03. The van der Waals surface area contributed by atoms with Crippen LogP contribution in [0.1, 0.15) is 37.3 Å². The maximum atomic E-state index is 4.39. The standard InChI is InChI=1S/C21H37N5/c1-5-6-13-25(4)21(22-2)23-17-19-8-10-20(11-9-19)18-26-14-7-12-24(3)15-16-26/h8-11H,5-7,12-18H2,1-4H3,(H,22,23). The van der Waals surface area contributed by atoms with Crippen molar-refractivity contribution in [1.29, 1.82) is 0 Å². The predicted octanol–water partition coefficient (Wildman–Crippen LogP) is 2.63. The minimum Gasteiger partial charge on any atom is -0.352 e. The number of rotatable bonds is 7. The molecule has 0 bridgehead atoms. The molecule has 5 nitrogen and oxygen atoms in total. The molecule has 1 aliphatic rings. The highest BCUT2D eigenvalue weighted by molar-refractivity contribution is 5.79. The molecule has 1 heterocycles. The molecule has 0 saturated carbocycles. The molecule has 26 heavy (non-hydrogen) atoms. The van der Waals surface area contributed by atoms with Gasteiger partial charge in [-0.2, -0.15) is 0 Å². The second-order valence-electron chi connectivity index (χ2n) is 7.43. The lowest BCUT2D eigenvalue weighted by Gasteiger charge is -2.22. The van der Waals surface area contributed by atoms with Crippen LogP contribution in [0.2, 0.25) is 0 Å². The van der Waals surface area contributed by atoms with E-state index >= 15 is 0 Å². The minimum atomic E-state index is 0.817. The Morgan fingerprint density at radius 1 is 1.12 bits per heavy atom. The van der Waals surface area contributed by atoms with Crippen LogP contribution >= 0.6 is 0 Å². The van der Waals surface area contributed by atoms with Crippen molar-refractivity contribution in [3.63, 3.8) is 0 Å². The second kappa shape index (κ2) is 11.2. The SMILES string of the molecule is CCCCN(C)C(=NC)NCc1ccc(CN2CCCN(C)CC2)cc1. The monoisotopic (exact) mass is 359 g/mol. The number of hydrogen-bond acceptors (Lipinski definition) is 3. The summed E-state index contributed by atoms with van der Waals surface area (Å²) < 4.78 is 0. The number of hydrogen-bond donors (Lipinski definition) is 1. The maximum Gasteiger partial charge on any atom is 0.193 e. The van der Waals surface area contributed by atoms with Crippen molar-refractivity contribution in [3.05, 3.63) is 35.4 Å². The van der Waals surface area contributed by atoms with E-state index in [9.17, 15) is 0 Å². The Hall–Kier alpha value is -1.59. The Morgan fingerprint density at radius 2 is 1.85 bits per heavy atom. The first kappa shape index (κ1) is 20.7. The zero-order valence-corrected chi connectivity index (χ0v) is 17.2. The molecular formula is C21H37N5. The Kier molecular flexibility index (Phi) is 8.92. The van der Waals surface area contributed by atoms with Gasteiger partial charge in [-0.25, -0.2) is 0 Å². The van der Waals surface area contributed by atoms with E-state index in [0.29, 0.717) is 0 Å². The fraction of sp³-hybridized carbons (Fsp3) is 0.667. The van der Waals surface area contributed by atoms with E-state index in [1.807, 2.05) is 7.05 Å². The molecule has 0 atom stereocenters. The average molecular weight is 360 g/mol. The van der Waals surface area contributed by atoms with Crippen molar-refractivity contribution >= 4 is 5.96 Å². The number of guanidine groups is 1. The third kappa shape index (κ3) is 6.96. The van der Waals surface area contributed by atoms with Gasteiger partial charge in [-0.3, -0.25) is 9.89 Å². The number of nitrogens with zero attached hydrogens (tertiary/aromatic N) is 4. The van der Waals surface area contributed by atoms with E-state index in [2.05, 4.69) is 70.3 Å². The highest BCUT2D eigenvalue weighted by Crippen LogP contribution is 2.10. The fourth-order valence-corrected chi connectivity index (χ4v) is 3.35. The topological polar surface area (TPSA) is 34.1 Å². The fourth-order valence-electron chi connectivity index (χ4n) is 3.35. The molecule has 0 amide bonds. The quantitative estimate of drug-likeness (QED) is 0.599. The van der Waals surface area contributed by atoms with Crippen LogP contribution in [-0.2, 0) is 13.1 Å². The number of likely N-dealkylation sites (N-methyl/N-ethyl adjacent to an activating group) is 1. The molecule has 1 saturated heterocycles. The molecule has 2 rings (SSSR count). The van der Waals surface area contributed by atoms with Gasteiger partial charge in [-0.1, -0.05) is 37.6 Å². The summed E-state index contributed by atoms with van der Waals surface area (Å²) in [5.74, 6) is 0.969. The van der Waals surface area contributed by atoms with Crippen LogP contribution in [0.25, 0.3) is 0 Å². The molecule has 0 spiro atoms. The van der Waals surface area contributed by atoms with Crippen molar-refractivity contribution < 1.29 is 0 Å². The first-order valence-corrected chi connectivity index (χ1v) is 10.0. The van der Waals surface area contributed by atoms with Gasteiger partial charge in [0.15, 0.2) is 5.96 Å². The van der Waals surface area contributed by atoms with Gasteiger partial charge < -0.3 is 15.1 Å². The smallest absolute Gasteiger partial charge is 0.193 e. The summed E-state index contributed by atoms with van der Waals surface area (Å²) in [6.45, 7) is 9.90. The minimum absolute atomic E-state index is 0.817. The second-order valence-corrected chi connectivity index (χ2v) is 7.43. The largest absolute Gasteiger partial charge is 0.352 e. The lowest BCUT2D eigenvalue weighted by Crippen LogP contribution is -2.38. The predicted molar refractivity (Wildman–Crippen MR) is 112 cm³/mol. The van der Waals surface area contributed by atoms with Crippen LogP contribution in [0, 0.1) is 0 Å². The Morgan fingerprint density at radius 3 is 2.54 bits per heavy atom.